The monoisotopic (exact) mass is 854 g/mol. The Morgan fingerprint density at radius 3 is 1.60 bits per heavy atom. The summed E-state index contributed by atoms with van der Waals surface area (Å²) in [5.41, 5.74) is 4.03. The van der Waals surface area contributed by atoms with Crippen LogP contribution in [0.4, 0.5) is 0 Å². The second-order valence-electron chi connectivity index (χ2n) is 15.0. The molecule has 0 amide bonds. The number of rotatable bonds is 9. The Morgan fingerprint density at radius 2 is 1.11 bits per heavy atom. The molecule has 2 fully saturated rings. The Balaban J connectivity index is 0.000000170. The fourth-order valence-electron chi connectivity index (χ4n) is 7.35. The van der Waals surface area contributed by atoms with E-state index in [9.17, 15) is 4.79 Å². The molecule has 0 radical (unpaired) electrons. The standard InChI is InChI=1S/C24H25N3O3.C14H11NO3.C10H14N2O.2CH4/c1-3-21(15-25-11-1)29-20-9-13-27(14-10-20)16-18-5-7-19(8-6-18)23-17-28-22-4-2-12-26-24(22)30-23;16-8-10-3-5-11(6-4-10)13-9-17-12-2-1-7-15-14(12)18-13;1-2-10(8-12-5-1)13-9-3-6-11-7-4-9;;/h1-8,11-12,15,20,23H,9-10,13-14,16-17H2;1-8,13H,9H2;1-2,5,8-9,11H,3-4,6-7H2;2*1H4/t23-;13-;;;/m11.../s1. The van der Waals surface area contributed by atoms with Gasteiger partial charge in [0.05, 0.1) is 12.4 Å². The lowest BCUT2D eigenvalue weighted by molar-refractivity contribution is 0.0850. The number of hydrogen-bond acceptors (Lipinski definition) is 13. The predicted molar refractivity (Wildman–Crippen MR) is 242 cm³/mol. The normalized spacial score (nSPS) is 18.0. The molecule has 4 aliphatic rings. The molecule has 0 unspecified atom stereocenters. The lowest BCUT2D eigenvalue weighted by atomic mass is 10.0. The van der Waals surface area contributed by atoms with Crippen LogP contribution in [-0.4, -0.2) is 82.7 Å². The minimum atomic E-state index is -0.187. The van der Waals surface area contributed by atoms with E-state index in [1.54, 1.807) is 55.4 Å². The first kappa shape index (κ1) is 45.9. The van der Waals surface area contributed by atoms with Gasteiger partial charge in [0.2, 0.25) is 0 Å². The van der Waals surface area contributed by atoms with Gasteiger partial charge in [0.25, 0.3) is 11.8 Å². The van der Waals surface area contributed by atoms with Gasteiger partial charge in [-0.25, -0.2) is 9.97 Å². The van der Waals surface area contributed by atoms with Gasteiger partial charge in [0.1, 0.15) is 43.2 Å². The zero-order chi connectivity index (χ0) is 41.5. The maximum absolute atomic E-state index is 10.6. The molecule has 0 spiro atoms. The van der Waals surface area contributed by atoms with Crippen LogP contribution in [0.2, 0.25) is 0 Å². The largest absolute Gasteiger partial charge is 0.489 e. The molecule has 4 aliphatic heterocycles. The molecule has 8 heterocycles. The first-order chi connectivity index (χ1) is 30.1. The molecule has 330 valence electrons. The first-order valence-corrected chi connectivity index (χ1v) is 20.8. The van der Waals surface area contributed by atoms with Crippen molar-refractivity contribution < 1.29 is 33.2 Å². The second-order valence-corrected chi connectivity index (χ2v) is 15.0. The van der Waals surface area contributed by atoms with Gasteiger partial charge in [0.15, 0.2) is 23.7 Å². The summed E-state index contributed by atoms with van der Waals surface area (Å²) in [4.78, 5) is 29.6. The molecular weight excluding hydrogens is 797 g/mol. The highest BCUT2D eigenvalue weighted by Crippen LogP contribution is 2.35. The van der Waals surface area contributed by atoms with Crippen LogP contribution < -0.4 is 33.7 Å². The Labute approximate surface area is 370 Å². The number of hydrogen-bond donors (Lipinski definition) is 1. The molecule has 2 atom stereocenters. The summed E-state index contributed by atoms with van der Waals surface area (Å²) in [6.07, 6.45) is 15.9. The Hall–Kier alpha value is -6.57. The van der Waals surface area contributed by atoms with Gasteiger partial charge >= 0.3 is 0 Å². The molecule has 2 saturated heterocycles. The average molecular weight is 855 g/mol. The average Bonchev–Trinajstić information content (AvgIpc) is 3.33. The molecule has 13 nitrogen and oxygen atoms in total. The van der Waals surface area contributed by atoms with Gasteiger partial charge in [-0.1, -0.05) is 63.4 Å². The summed E-state index contributed by atoms with van der Waals surface area (Å²) in [6, 6.07) is 31.0. The third kappa shape index (κ3) is 13.2. The number of aromatic nitrogens is 4. The number of pyridine rings is 4. The maximum atomic E-state index is 10.6. The van der Waals surface area contributed by atoms with Gasteiger partial charge in [-0.3, -0.25) is 19.7 Å². The molecular formula is C50H58N6O7. The molecule has 6 aromatic rings. The topological polar surface area (TPSA) is 139 Å². The summed E-state index contributed by atoms with van der Waals surface area (Å²) < 4.78 is 34.9. The van der Waals surface area contributed by atoms with Crippen molar-refractivity contribution in [3.8, 4) is 34.8 Å². The molecule has 63 heavy (non-hydrogen) atoms. The lowest BCUT2D eigenvalue weighted by Crippen LogP contribution is -2.37. The minimum Gasteiger partial charge on any atom is -0.489 e. The first-order valence-electron chi connectivity index (χ1n) is 20.8. The van der Waals surface area contributed by atoms with Crippen molar-refractivity contribution in [1.29, 1.82) is 0 Å². The van der Waals surface area contributed by atoms with Gasteiger partial charge in [0, 0.05) is 50.0 Å². The molecule has 10 rings (SSSR count). The number of carbonyl (C=O) groups is 1. The van der Waals surface area contributed by atoms with Crippen LogP contribution in [0.15, 0.2) is 134 Å². The summed E-state index contributed by atoms with van der Waals surface area (Å²) in [5.74, 6) is 4.19. The van der Waals surface area contributed by atoms with Gasteiger partial charge in [-0.15, -0.1) is 0 Å². The van der Waals surface area contributed by atoms with Crippen LogP contribution >= 0.6 is 0 Å². The Kier molecular flexibility index (Phi) is 17.2. The lowest BCUT2D eigenvalue weighted by Gasteiger charge is -2.32. The molecule has 4 aromatic heterocycles. The summed E-state index contributed by atoms with van der Waals surface area (Å²) >= 11 is 0. The van der Waals surface area contributed by atoms with Crippen molar-refractivity contribution in [3.05, 3.63) is 156 Å². The third-order valence-corrected chi connectivity index (χ3v) is 10.7. The van der Waals surface area contributed by atoms with E-state index in [0.29, 0.717) is 48.1 Å². The Morgan fingerprint density at radius 1 is 0.619 bits per heavy atom. The van der Waals surface area contributed by atoms with Crippen molar-refractivity contribution >= 4 is 6.29 Å². The zero-order valence-electron chi connectivity index (χ0n) is 34.0. The number of aldehydes is 1. The van der Waals surface area contributed by atoms with E-state index in [1.807, 2.05) is 54.6 Å². The van der Waals surface area contributed by atoms with E-state index >= 15 is 0 Å². The number of piperidine rings is 2. The molecule has 0 saturated carbocycles. The quantitative estimate of drug-likeness (QED) is 0.139. The Bertz CT molecular complexity index is 2240. The number of fused-ring (bicyclic) bond motifs is 2. The summed E-state index contributed by atoms with van der Waals surface area (Å²) in [5, 5.41) is 3.30. The summed E-state index contributed by atoms with van der Waals surface area (Å²) in [7, 11) is 0. The van der Waals surface area contributed by atoms with E-state index in [1.165, 1.54) is 5.56 Å². The van der Waals surface area contributed by atoms with E-state index in [-0.39, 0.29) is 33.2 Å². The van der Waals surface area contributed by atoms with Crippen LogP contribution in [0.3, 0.4) is 0 Å². The van der Waals surface area contributed by atoms with Crippen molar-refractivity contribution in [2.75, 3.05) is 39.4 Å². The predicted octanol–water partition coefficient (Wildman–Crippen LogP) is 8.92. The SMILES string of the molecule is C.C.O=Cc1ccc([C@H]2COc3cccnc3O2)cc1.c1cncc(OC2CCN(Cc3ccc([C@H]4COc5cccnc5O4)cc3)CC2)c1.c1cncc(OC2CCNCC2)c1. The fourth-order valence-corrected chi connectivity index (χ4v) is 7.35. The van der Waals surface area contributed by atoms with Gasteiger partial charge in [-0.05, 0) is 104 Å². The number of ether oxygens (including phenoxy) is 6. The van der Waals surface area contributed by atoms with E-state index < -0.39 is 0 Å². The van der Waals surface area contributed by atoms with Crippen LogP contribution in [-0.2, 0) is 6.54 Å². The summed E-state index contributed by atoms with van der Waals surface area (Å²) in [6.45, 7) is 6.09. The molecule has 0 aliphatic carbocycles. The third-order valence-electron chi connectivity index (χ3n) is 10.7. The van der Waals surface area contributed by atoms with Crippen LogP contribution in [0.1, 0.15) is 79.8 Å². The van der Waals surface area contributed by atoms with Crippen LogP contribution in [0.5, 0.6) is 34.8 Å². The van der Waals surface area contributed by atoms with E-state index in [2.05, 4.69) is 54.4 Å². The number of likely N-dealkylation sites (tertiary alicyclic amines) is 1. The minimum absolute atomic E-state index is 0. The second kappa shape index (κ2) is 23.6. The number of carbonyl (C=O) groups excluding carboxylic acids is 1. The molecule has 2 aromatic carbocycles. The highest BCUT2D eigenvalue weighted by atomic mass is 16.6. The number of nitrogens with zero attached hydrogens (tertiary/aromatic N) is 5. The van der Waals surface area contributed by atoms with Crippen molar-refractivity contribution in [1.82, 2.24) is 30.2 Å². The zero-order valence-corrected chi connectivity index (χ0v) is 34.0. The van der Waals surface area contributed by atoms with Crippen molar-refractivity contribution in [2.24, 2.45) is 0 Å². The highest BCUT2D eigenvalue weighted by Gasteiger charge is 2.25. The highest BCUT2D eigenvalue weighted by molar-refractivity contribution is 5.74. The van der Waals surface area contributed by atoms with Gasteiger partial charge in [-0.2, -0.15) is 0 Å². The fraction of sp³-hybridized carbons (Fsp3) is 0.340. The number of benzene rings is 2. The molecule has 13 heteroatoms. The van der Waals surface area contributed by atoms with Crippen molar-refractivity contribution in [3.63, 3.8) is 0 Å². The maximum Gasteiger partial charge on any atom is 0.257 e. The van der Waals surface area contributed by atoms with E-state index in [4.69, 9.17) is 28.4 Å². The smallest absolute Gasteiger partial charge is 0.257 e. The van der Waals surface area contributed by atoms with Gasteiger partial charge < -0.3 is 33.7 Å². The molecule has 0 bridgehead atoms. The number of nitrogens with one attached hydrogen (secondary N) is 1. The molecule has 1 N–H and O–H groups in total. The van der Waals surface area contributed by atoms with Crippen LogP contribution in [0, 0.1) is 0 Å². The van der Waals surface area contributed by atoms with E-state index in [0.717, 1.165) is 87.3 Å². The van der Waals surface area contributed by atoms with Crippen LogP contribution in [0.25, 0.3) is 0 Å². The van der Waals surface area contributed by atoms with Crippen molar-refractivity contribution in [2.45, 2.75) is 71.5 Å².